The predicted molar refractivity (Wildman–Crippen MR) is 81.6 cm³/mol. The van der Waals surface area contributed by atoms with Crippen LogP contribution in [0, 0.1) is 0 Å². The van der Waals surface area contributed by atoms with E-state index in [4.69, 9.17) is 11.6 Å². The molecule has 3 nitrogen and oxygen atoms in total. The third-order valence-electron chi connectivity index (χ3n) is 4.12. The van der Waals surface area contributed by atoms with Gasteiger partial charge in [0.2, 0.25) is 5.91 Å². The minimum absolute atomic E-state index is 0.00810. The molecule has 2 bridgehead atoms. The highest BCUT2D eigenvalue weighted by molar-refractivity contribution is 6.30. The standard InChI is InChI=1S/C16H19ClN2O/c17-12-4-1-11(2-5-12)3-8-16(20)19-15-9-13-6-7-14(10-15)18-13/h1-5,8,13-15,18H,6-7,9-10H2,(H,19,20)/b8-3+. The first-order valence-corrected chi connectivity index (χ1v) is 7.57. The van der Waals surface area contributed by atoms with Crippen molar-refractivity contribution in [1.82, 2.24) is 10.6 Å². The Hall–Kier alpha value is -1.32. The van der Waals surface area contributed by atoms with Crippen molar-refractivity contribution < 1.29 is 4.79 Å². The monoisotopic (exact) mass is 290 g/mol. The number of hydrogen-bond acceptors (Lipinski definition) is 2. The van der Waals surface area contributed by atoms with Gasteiger partial charge in [0.1, 0.15) is 0 Å². The van der Waals surface area contributed by atoms with E-state index in [1.165, 1.54) is 12.8 Å². The minimum atomic E-state index is -0.00810. The number of nitrogens with one attached hydrogen (secondary N) is 2. The zero-order valence-electron chi connectivity index (χ0n) is 11.3. The Morgan fingerprint density at radius 1 is 1.20 bits per heavy atom. The quantitative estimate of drug-likeness (QED) is 0.841. The number of fused-ring (bicyclic) bond motifs is 2. The van der Waals surface area contributed by atoms with Crippen LogP contribution >= 0.6 is 11.6 Å². The molecule has 2 unspecified atom stereocenters. The van der Waals surface area contributed by atoms with Gasteiger partial charge in [0, 0.05) is 29.2 Å². The third kappa shape index (κ3) is 3.41. The molecule has 3 rings (SSSR count). The van der Waals surface area contributed by atoms with E-state index in [0.29, 0.717) is 23.1 Å². The van der Waals surface area contributed by atoms with E-state index < -0.39 is 0 Å². The number of carbonyl (C=O) groups excluding carboxylic acids is 1. The average molecular weight is 291 g/mol. The molecule has 2 atom stereocenters. The Morgan fingerprint density at radius 2 is 1.85 bits per heavy atom. The molecule has 2 saturated heterocycles. The van der Waals surface area contributed by atoms with E-state index in [2.05, 4.69) is 10.6 Å². The Labute approximate surface area is 124 Å². The summed E-state index contributed by atoms with van der Waals surface area (Å²) in [4.78, 5) is 11.9. The number of amides is 1. The highest BCUT2D eigenvalue weighted by Crippen LogP contribution is 2.26. The molecule has 2 aliphatic heterocycles. The first-order valence-electron chi connectivity index (χ1n) is 7.19. The van der Waals surface area contributed by atoms with E-state index in [0.717, 1.165) is 18.4 Å². The summed E-state index contributed by atoms with van der Waals surface area (Å²) in [5.74, 6) is -0.00810. The second-order valence-corrected chi connectivity index (χ2v) is 6.14. The van der Waals surface area contributed by atoms with Gasteiger partial charge in [0.15, 0.2) is 0 Å². The zero-order valence-corrected chi connectivity index (χ0v) is 12.1. The lowest BCUT2D eigenvalue weighted by Crippen LogP contribution is -2.47. The predicted octanol–water partition coefficient (Wildman–Crippen LogP) is 2.75. The lowest BCUT2D eigenvalue weighted by atomic mass is 10.00. The summed E-state index contributed by atoms with van der Waals surface area (Å²) in [6.45, 7) is 0. The van der Waals surface area contributed by atoms with Crippen LogP contribution in [0.4, 0.5) is 0 Å². The average Bonchev–Trinajstić information content (AvgIpc) is 2.77. The van der Waals surface area contributed by atoms with Crippen molar-refractivity contribution in [3.63, 3.8) is 0 Å². The van der Waals surface area contributed by atoms with E-state index in [-0.39, 0.29) is 5.91 Å². The molecule has 20 heavy (non-hydrogen) atoms. The van der Waals surface area contributed by atoms with Crippen molar-refractivity contribution in [1.29, 1.82) is 0 Å². The van der Waals surface area contributed by atoms with Crippen molar-refractivity contribution in [3.8, 4) is 0 Å². The number of hydrogen-bond donors (Lipinski definition) is 2. The van der Waals surface area contributed by atoms with Gasteiger partial charge < -0.3 is 10.6 Å². The van der Waals surface area contributed by atoms with E-state index in [1.807, 2.05) is 30.3 Å². The van der Waals surface area contributed by atoms with Gasteiger partial charge in [-0.05, 0) is 49.5 Å². The van der Waals surface area contributed by atoms with Crippen LogP contribution in [0.1, 0.15) is 31.2 Å². The summed E-state index contributed by atoms with van der Waals surface area (Å²) in [5.41, 5.74) is 0.981. The first-order chi connectivity index (χ1) is 9.69. The van der Waals surface area contributed by atoms with Crippen LogP contribution in [-0.2, 0) is 4.79 Å². The number of rotatable bonds is 3. The Balaban J connectivity index is 1.53. The molecule has 2 fully saturated rings. The summed E-state index contributed by atoms with van der Waals surface area (Å²) in [7, 11) is 0. The molecular formula is C16H19ClN2O. The van der Waals surface area contributed by atoms with E-state index in [9.17, 15) is 4.79 Å². The van der Waals surface area contributed by atoms with Crippen LogP contribution in [0.5, 0.6) is 0 Å². The van der Waals surface area contributed by atoms with Gasteiger partial charge in [-0.25, -0.2) is 0 Å². The molecule has 0 aromatic heterocycles. The summed E-state index contributed by atoms with van der Waals surface area (Å²) in [6, 6.07) is 8.95. The van der Waals surface area contributed by atoms with E-state index >= 15 is 0 Å². The van der Waals surface area contributed by atoms with Gasteiger partial charge >= 0.3 is 0 Å². The van der Waals surface area contributed by atoms with Gasteiger partial charge in [-0.15, -0.1) is 0 Å². The zero-order chi connectivity index (χ0) is 13.9. The molecule has 1 aromatic rings. The lowest BCUT2D eigenvalue weighted by molar-refractivity contribution is -0.117. The first kappa shape index (κ1) is 13.7. The Morgan fingerprint density at radius 3 is 2.50 bits per heavy atom. The number of carbonyl (C=O) groups is 1. The maximum Gasteiger partial charge on any atom is 0.244 e. The van der Waals surface area contributed by atoms with Crippen molar-refractivity contribution in [3.05, 3.63) is 40.9 Å². The molecule has 2 aliphatic rings. The molecule has 0 aliphatic carbocycles. The fourth-order valence-corrected chi connectivity index (χ4v) is 3.30. The third-order valence-corrected chi connectivity index (χ3v) is 4.37. The molecule has 1 amide bonds. The van der Waals surface area contributed by atoms with Crippen LogP contribution in [0.2, 0.25) is 5.02 Å². The molecule has 4 heteroatoms. The number of halogens is 1. The van der Waals surface area contributed by atoms with E-state index in [1.54, 1.807) is 6.08 Å². The van der Waals surface area contributed by atoms with Crippen LogP contribution in [-0.4, -0.2) is 24.0 Å². The second kappa shape index (κ2) is 5.98. The van der Waals surface area contributed by atoms with Crippen molar-refractivity contribution in [2.75, 3.05) is 0 Å². The fraction of sp³-hybridized carbons (Fsp3) is 0.438. The number of piperidine rings is 1. The van der Waals surface area contributed by atoms with Crippen molar-refractivity contribution in [2.24, 2.45) is 0 Å². The molecule has 1 aromatic carbocycles. The van der Waals surface area contributed by atoms with Crippen molar-refractivity contribution >= 4 is 23.6 Å². The molecule has 0 radical (unpaired) electrons. The lowest BCUT2D eigenvalue weighted by Gasteiger charge is -2.29. The maximum absolute atomic E-state index is 11.9. The smallest absolute Gasteiger partial charge is 0.244 e. The van der Waals surface area contributed by atoms with Gasteiger partial charge in [0.25, 0.3) is 0 Å². The molecule has 2 N–H and O–H groups in total. The highest BCUT2D eigenvalue weighted by Gasteiger charge is 2.33. The SMILES string of the molecule is O=C(/C=C/c1ccc(Cl)cc1)NC1CC2CCC(C1)N2. The van der Waals surface area contributed by atoms with Crippen LogP contribution in [0.15, 0.2) is 30.3 Å². The summed E-state index contributed by atoms with van der Waals surface area (Å²) >= 11 is 5.83. The molecule has 0 spiro atoms. The Kier molecular flexibility index (Phi) is 4.08. The van der Waals surface area contributed by atoms with Gasteiger partial charge in [-0.3, -0.25) is 4.79 Å². The molecule has 106 valence electrons. The van der Waals surface area contributed by atoms with Crippen molar-refractivity contribution in [2.45, 2.75) is 43.8 Å². The number of benzene rings is 1. The summed E-state index contributed by atoms with van der Waals surface area (Å²) in [5, 5.41) is 7.39. The second-order valence-electron chi connectivity index (χ2n) is 5.70. The van der Waals surface area contributed by atoms with Crippen LogP contribution in [0.25, 0.3) is 6.08 Å². The van der Waals surface area contributed by atoms with Crippen LogP contribution in [0.3, 0.4) is 0 Å². The molecular weight excluding hydrogens is 272 g/mol. The normalized spacial score (nSPS) is 28.8. The summed E-state index contributed by atoms with van der Waals surface area (Å²) in [6.07, 6.45) is 8.03. The topological polar surface area (TPSA) is 41.1 Å². The maximum atomic E-state index is 11.9. The molecule has 2 heterocycles. The van der Waals surface area contributed by atoms with Gasteiger partial charge in [0.05, 0.1) is 0 Å². The fourth-order valence-electron chi connectivity index (χ4n) is 3.17. The highest BCUT2D eigenvalue weighted by atomic mass is 35.5. The molecule has 0 saturated carbocycles. The van der Waals surface area contributed by atoms with Gasteiger partial charge in [-0.2, -0.15) is 0 Å². The summed E-state index contributed by atoms with van der Waals surface area (Å²) < 4.78 is 0. The van der Waals surface area contributed by atoms with Crippen LogP contribution < -0.4 is 10.6 Å². The minimum Gasteiger partial charge on any atom is -0.350 e. The Bertz CT molecular complexity index is 500. The largest absolute Gasteiger partial charge is 0.350 e. The van der Waals surface area contributed by atoms with Gasteiger partial charge in [-0.1, -0.05) is 23.7 Å².